The van der Waals surface area contributed by atoms with E-state index in [9.17, 15) is 4.79 Å². The Labute approximate surface area is 247 Å². The zero-order valence-corrected chi connectivity index (χ0v) is 23.7. The molecule has 5 aromatic rings. The monoisotopic (exact) mass is 560 g/mol. The average Bonchev–Trinajstić information content (AvgIpc) is 3.43. The van der Waals surface area contributed by atoms with E-state index in [0.29, 0.717) is 57.9 Å². The van der Waals surface area contributed by atoms with Crippen LogP contribution in [-0.4, -0.2) is 53.3 Å². The van der Waals surface area contributed by atoms with Crippen LogP contribution >= 0.6 is 0 Å². The first-order valence-electron chi connectivity index (χ1n) is 14.3. The molecule has 0 aliphatic rings. The van der Waals surface area contributed by atoms with Gasteiger partial charge in [-0.15, -0.1) is 0 Å². The molecule has 0 saturated heterocycles. The molecule has 0 fully saturated rings. The van der Waals surface area contributed by atoms with Crippen molar-refractivity contribution in [3.63, 3.8) is 0 Å². The van der Waals surface area contributed by atoms with E-state index in [1.165, 1.54) is 0 Å². The summed E-state index contributed by atoms with van der Waals surface area (Å²) < 4.78 is 13.1. The summed E-state index contributed by atoms with van der Waals surface area (Å²) in [5.74, 6) is 0.953. The molecule has 2 aromatic heterocycles. The first-order chi connectivity index (χ1) is 20.7. The number of benzene rings is 3. The number of ketones is 1. The van der Waals surface area contributed by atoms with E-state index in [1.807, 2.05) is 79.0 Å². The summed E-state index contributed by atoms with van der Waals surface area (Å²) in [6, 6.07) is 32.5. The van der Waals surface area contributed by atoms with E-state index >= 15 is 0 Å². The molecule has 0 bridgehead atoms. The SMILES string of the molecule is NCCOCCOCCCC(=O)c1ccc(Cn2c(-c3cccnc3)nc(-c3ccccc3)c2-c2ccccc2)cc1. The normalized spacial score (nSPS) is 11.1. The maximum atomic E-state index is 12.8. The molecule has 0 unspecified atom stereocenters. The fourth-order valence-corrected chi connectivity index (χ4v) is 4.87. The van der Waals surface area contributed by atoms with E-state index in [2.05, 4.69) is 33.8 Å². The van der Waals surface area contributed by atoms with Crippen LogP contribution in [0.4, 0.5) is 0 Å². The lowest BCUT2D eigenvalue weighted by atomic mass is 10.0. The molecule has 0 radical (unpaired) electrons. The van der Waals surface area contributed by atoms with Gasteiger partial charge in [-0.25, -0.2) is 4.98 Å². The fraction of sp³-hybridized carbons (Fsp3) is 0.229. The van der Waals surface area contributed by atoms with Crippen molar-refractivity contribution < 1.29 is 14.3 Å². The molecule has 0 atom stereocenters. The van der Waals surface area contributed by atoms with Crippen molar-refractivity contribution in [2.75, 3.05) is 33.0 Å². The number of aromatic nitrogens is 3. The minimum atomic E-state index is 0.111. The summed E-state index contributed by atoms with van der Waals surface area (Å²) in [4.78, 5) is 22.4. The van der Waals surface area contributed by atoms with E-state index < -0.39 is 0 Å². The Hall–Kier alpha value is -4.43. The highest BCUT2D eigenvalue weighted by molar-refractivity contribution is 5.96. The van der Waals surface area contributed by atoms with Crippen molar-refractivity contribution >= 4 is 5.78 Å². The van der Waals surface area contributed by atoms with Gasteiger partial charge in [-0.3, -0.25) is 9.78 Å². The third-order valence-electron chi connectivity index (χ3n) is 6.93. The highest BCUT2D eigenvalue weighted by atomic mass is 16.5. The number of Topliss-reactive ketones (excluding diaryl/α,β-unsaturated/α-hetero) is 1. The molecule has 2 heterocycles. The summed E-state index contributed by atoms with van der Waals surface area (Å²) in [5.41, 5.74) is 12.2. The van der Waals surface area contributed by atoms with Gasteiger partial charge >= 0.3 is 0 Å². The minimum absolute atomic E-state index is 0.111. The van der Waals surface area contributed by atoms with Gasteiger partial charge in [0.15, 0.2) is 5.78 Å². The number of carbonyl (C=O) groups excluding carboxylic acids is 1. The van der Waals surface area contributed by atoms with Gasteiger partial charge in [0.2, 0.25) is 0 Å². The Morgan fingerprint density at radius 3 is 2.07 bits per heavy atom. The van der Waals surface area contributed by atoms with Crippen LogP contribution in [-0.2, 0) is 16.0 Å². The molecule has 214 valence electrons. The van der Waals surface area contributed by atoms with E-state index in [4.69, 9.17) is 20.2 Å². The zero-order valence-electron chi connectivity index (χ0n) is 23.7. The highest BCUT2D eigenvalue weighted by Gasteiger charge is 2.21. The van der Waals surface area contributed by atoms with Crippen molar-refractivity contribution in [1.29, 1.82) is 0 Å². The van der Waals surface area contributed by atoms with Gasteiger partial charge in [-0.05, 0) is 24.1 Å². The molecule has 2 N–H and O–H groups in total. The molecule has 5 rings (SSSR count). The van der Waals surface area contributed by atoms with Gasteiger partial charge in [0.1, 0.15) is 5.82 Å². The van der Waals surface area contributed by atoms with E-state index in [1.54, 1.807) is 6.20 Å². The van der Waals surface area contributed by atoms with Gasteiger partial charge in [0, 0.05) is 60.8 Å². The average molecular weight is 561 g/mol. The highest BCUT2D eigenvalue weighted by Crippen LogP contribution is 2.36. The van der Waals surface area contributed by atoms with Crippen LogP contribution in [0.5, 0.6) is 0 Å². The number of carbonyl (C=O) groups is 1. The van der Waals surface area contributed by atoms with Crippen molar-refractivity contribution in [2.24, 2.45) is 5.73 Å². The number of rotatable bonds is 15. The second-order valence-electron chi connectivity index (χ2n) is 9.93. The molecule has 3 aromatic carbocycles. The van der Waals surface area contributed by atoms with Crippen LogP contribution in [0.1, 0.15) is 28.8 Å². The third kappa shape index (κ3) is 7.44. The number of pyridine rings is 1. The van der Waals surface area contributed by atoms with Crippen LogP contribution in [0, 0.1) is 0 Å². The second-order valence-corrected chi connectivity index (χ2v) is 9.93. The molecule has 7 heteroatoms. The Bertz CT molecular complexity index is 1540. The first-order valence-corrected chi connectivity index (χ1v) is 14.3. The van der Waals surface area contributed by atoms with Gasteiger partial charge < -0.3 is 19.8 Å². The molecule has 0 saturated carbocycles. The Kier molecular flexibility index (Phi) is 10.4. The van der Waals surface area contributed by atoms with Crippen molar-refractivity contribution in [2.45, 2.75) is 19.4 Å². The number of nitrogens with two attached hydrogens (primary N) is 1. The second kappa shape index (κ2) is 15.0. The Morgan fingerprint density at radius 2 is 1.40 bits per heavy atom. The summed E-state index contributed by atoms with van der Waals surface area (Å²) in [7, 11) is 0. The van der Waals surface area contributed by atoms with E-state index in [-0.39, 0.29) is 5.78 Å². The lowest BCUT2D eigenvalue weighted by Gasteiger charge is -2.14. The summed E-state index contributed by atoms with van der Waals surface area (Å²) >= 11 is 0. The van der Waals surface area contributed by atoms with Gasteiger partial charge in [0.25, 0.3) is 0 Å². The van der Waals surface area contributed by atoms with E-state index in [0.717, 1.165) is 39.5 Å². The maximum absolute atomic E-state index is 12.8. The van der Waals surface area contributed by atoms with Gasteiger partial charge in [-0.1, -0.05) is 84.9 Å². The van der Waals surface area contributed by atoms with Crippen molar-refractivity contribution in [3.05, 3.63) is 121 Å². The molecule has 0 amide bonds. The fourth-order valence-electron chi connectivity index (χ4n) is 4.87. The standard InChI is InChI=1S/C35H36N4O3/c36-19-22-42-24-23-41-21-8-14-32(40)28-17-15-27(16-18-28)26-39-34(30-11-5-2-6-12-30)33(29-9-3-1-4-10-29)38-35(39)31-13-7-20-37-25-31/h1-7,9-13,15-18,20,25H,8,14,19,21-24,26,36H2. The van der Waals surface area contributed by atoms with Crippen LogP contribution in [0.25, 0.3) is 33.9 Å². The zero-order chi connectivity index (χ0) is 29.0. The number of hydrogen-bond acceptors (Lipinski definition) is 6. The number of hydrogen-bond donors (Lipinski definition) is 1. The minimum Gasteiger partial charge on any atom is -0.379 e. The summed E-state index contributed by atoms with van der Waals surface area (Å²) in [5, 5.41) is 0. The van der Waals surface area contributed by atoms with Gasteiger partial charge in [-0.2, -0.15) is 0 Å². The first kappa shape index (κ1) is 29.1. The van der Waals surface area contributed by atoms with Crippen LogP contribution < -0.4 is 5.73 Å². The van der Waals surface area contributed by atoms with Crippen molar-refractivity contribution in [1.82, 2.24) is 14.5 Å². The van der Waals surface area contributed by atoms with Crippen LogP contribution in [0.2, 0.25) is 0 Å². The van der Waals surface area contributed by atoms with Gasteiger partial charge in [0.05, 0.1) is 31.2 Å². The summed E-state index contributed by atoms with van der Waals surface area (Å²) in [6.07, 6.45) is 4.73. The molecule has 0 aliphatic heterocycles. The largest absolute Gasteiger partial charge is 0.379 e. The lowest BCUT2D eigenvalue weighted by molar-refractivity contribution is 0.0489. The number of ether oxygens (including phenoxy) is 2. The Balaban J connectivity index is 1.38. The molecular formula is C35H36N4O3. The predicted octanol–water partition coefficient (Wildman–Crippen LogP) is 6.28. The maximum Gasteiger partial charge on any atom is 0.162 e. The molecule has 0 aliphatic carbocycles. The Morgan fingerprint density at radius 1 is 0.738 bits per heavy atom. The number of imidazole rings is 1. The summed E-state index contributed by atoms with van der Waals surface area (Å²) in [6.45, 7) is 3.18. The molecule has 7 nitrogen and oxygen atoms in total. The third-order valence-corrected chi connectivity index (χ3v) is 6.93. The smallest absolute Gasteiger partial charge is 0.162 e. The lowest BCUT2D eigenvalue weighted by Crippen LogP contribution is -2.12. The van der Waals surface area contributed by atoms with Crippen LogP contribution in [0.15, 0.2) is 109 Å². The predicted molar refractivity (Wildman–Crippen MR) is 166 cm³/mol. The molecule has 0 spiro atoms. The molecule has 42 heavy (non-hydrogen) atoms. The number of nitrogens with zero attached hydrogens (tertiary/aromatic N) is 3. The molecular weight excluding hydrogens is 524 g/mol. The quantitative estimate of drug-likeness (QED) is 0.120. The van der Waals surface area contributed by atoms with Crippen molar-refractivity contribution in [3.8, 4) is 33.9 Å². The van der Waals surface area contributed by atoms with Crippen LogP contribution in [0.3, 0.4) is 0 Å². The topological polar surface area (TPSA) is 92.3 Å².